The molecule has 60 valence electrons. The van der Waals surface area contributed by atoms with Crippen molar-refractivity contribution < 1.29 is 0 Å². The number of hydrogen-bond donors (Lipinski definition) is 1. The molecule has 1 unspecified atom stereocenters. The fourth-order valence-corrected chi connectivity index (χ4v) is 0.990. The second kappa shape index (κ2) is 4.03. The summed E-state index contributed by atoms with van der Waals surface area (Å²) in [6.07, 6.45) is 4.31. The number of nitrogens with two attached hydrogens (primary N) is 1. The maximum atomic E-state index is 5.42. The summed E-state index contributed by atoms with van der Waals surface area (Å²) in [5, 5.41) is 0. The molecule has 1 heterocycles. The Morgan fingerprint density at radius 2 is 2.45 bits per heavy atom. The lowest BCUT2D eigenvalue weighted by Crippen LogP contribution is -2.05. The van der Waals surface area contributed by atoms with E-state index in [1.165, 1.54) is 0 Å². The Labute approximate surface area is 66.7 Å². The van der Waals surface area contributed by atoms with E-state index in [0.29, 0.717) is 12.5 Å². The Morgan fingerprint density at radius 1 is 1.64 bits per heavy atom. The van der Waals surface area contributed by atoms with Crippen LogP contribution in [-0.4, -0.2) is 16.5 Å². The molecule has 0 aromatic carbocycles. The fraction of sp³-hybridized carbons (Fsp3) is 0.500. The first kappa shape index (κ1) is 8.14. The van der Waals surface area contributed by atoms with Crippen molar-refractivity contribution >= 4 is 0 Å². The van der Waals surface area contributed by atoms with Crippen LogP contribution in [0.1, 0.15) is 25.0 Å². The highest BCUT2D eigenvalue weighted by atomic mass is 14.8. The molecule has 3 heteroatoms. The molecule has 0 bridgehead atoms. The van der Waals surface area contributed by atoms with Gasteiger partial charge in [-0.2, -0.15) is 0 Å². The van der Waals surface area contributed by atoms with E-state index in [1.54, 1.807) is 12.5 Å². The quantitative estimate of drug-likeness (QED) is 0.699. The number of rotatable bonds is 3. The van der Waals surface area contributed by atoms with Gasteiger partial charge in [-0.3, -0.25) is 0 Å². The third-order valence-electron chi connectivity index (χ3n) is 1.71. The van der Waals surface area contributed by atoms with Gasteiger partial charge in [-0.25, -0.2) is 9.97 Å². The summed E-state index contributed by atoms with van der Waals surface area (Å²) < 4.78 is 0. The van der Waals surface area contributed by atoms with Crippen molar-refractivity contribution in [1.29, 1.82) is 0 Å². The summed E-state index contributed by atoms with van der Waals surface area (Å²) in [5.41, 5.74) is 6.50. The molecule has 0 aliphatic carbocycles. The van der Waals surface area contributed by atoms with E-state index in [9.17, 15) is 0 Å². The maximum absolute atomic E-state index is 5.42. The Morgan fingerprint density at radius 3 is 3.00 bits per heavy atom. The first-order valence-corrected chi connectivity index (χ1v) is 3.80. The van der Waals surface area contributed by atoms with Gasteiger partial charge in [0.25, 0.3) is 0 Å². The fourth-order valence-electron chi connectivity index (χ4n) is 0.990. The smallest absolute Gasteiger partial charge is 0.115 e. The lowest BCUT2D eigenvalue weighted by Gasteiger charge is -2.07. The van der Waals surface area contributed by atoms with Crippen LogP contribution in [0.5, 0.6) is 0 Å². The van der Waals surface area contributed by atoms with Crippen molar-refractivity contribution in [1.82, 2.24) is 9.97 Å². The summed E-state index contributed by atoms with van der Waals surface area (Å²) in [7, 11) is 0. The molecule has 2 N–H and O–H groups in total. The molecule has 0 saturated heterocycles. The molecule has 0 spiro atoms. The van der Waals surface area contributed by atoms with Gasteiger partial charge in [-0.1, -0.05) is 6.92 Å². The van der Waals surface area contributed by atoms with Gasteiger partial charge >= 0.3 is 0 Å². The van der Waals surface area contributed by atoms with Crippen LogP contribution in [0.2, 0.25) is 0 Å². The van der Waals surface area contributed by atoms with Gasteiger partial charge in [-0.15, -0.1) is 0 Å². The Kier molecular flexibility index (Phi) is 2.98. The van der Waals surface area contributed by atoms with Gasteiger partial charge in [0.1, 0.15) is 6.33 Å². The van der Waals surface area contributed by atoms with E-state index in [-0.39, 0.29) is 0 Å². The van der Waals surface area contributed by atoms with Crippen LogP contribution >= 0.6 is 0 Å². The highest BCUT2D eigenvalue weighted by molar-refractivity contribution is 5.03. The van der Waals surface area contributed by atoms with Crippen molar-refractivity contribution in [2.75, 3.05) is 6.54 Å². The normalized spacial score (nSPS) is 12.9. The molecule has 3 nitrogen and oxygen atoms in total. The molecule has 0 radical (unpaired) electrons. The van der Waals surface area contributed by atoms with Crippen molar-refractivity contribution in [2.24, 2.45) is 5.73 Å². The second-order valence-electron chi connectivity index (χ2n) is 2.61. The minimum atomic E-state index is 0.447. The van der Waals surface area contributed by atoms with E-state index in [0.717, 1.165) is 12.1 Å². The van der Waals surface area contributed by atoms with E-state index in [4.69, 9.17) is 5.73 Å². The molecular weight excluding hydrogens is 138 g/mol. The van der Waals surface area contributed by atoms with E-state index in [1.807, 2.05) is 6.07 Å². The largest absolute Gasteiger partial charge is 0.330 e. The van der Waals surface area contributed by atoms with Crippen LogP contribution in [0, 0.1) is 0 Å². The molecule has 0 amide bonds. The minimum Gasteiger partial charge on any atom is -0.330 e. The van der Waals surface area contributed by atoms with Crippen molar-refractivity contribution in [3.8, 4) is 0 Å². The molecule has 11 heavy (non-hydrogen) atoms. The predicted octanol–water partition coefficient (Wildman–Crippen LogP) is 0.929. The lowest BCUT2D eigenvalue weighted by atomic mass is 10.0. The molecular formula is C8H13N3. The summed E-state index contributed by atoms with van der Waals surface area (Å²) in [4.78, 5) is 7.98. The van der Waals surface area contributed by atoms with E-state index in [2.05, 4.69) is 16.9 Å². The standard InChI is InChI=1S/C8H13N3/c1-7(2-4-9)8-3-5-10-6-11-8/h3,5-7H,2,4,9H2,1H3. The van der Waals surface area contributed by atoms with Crippen molar-refractivity contribution in [3.63, 3.8) is 0 Å². The SMILES string of the molecule is CC(CCN)c1ccncn1. The topological polar surface area (TPSA) is 51.8 Å². The molecule has 1 aromatic rings. The van der Waals surface area contributed by atoms with Gasteiger partial charge in [0.05, 0.1) is 0 Å². The molecule has 1 aromatic heterocycles. The number of nitrogens with zero attached hydrogens (tertiary/aromatic N) is 2. The molecule has 0 aliphatic heterocycles. The average Bonchev–Trinajstić information content (AvgIpc) is 2.07. The van der Waals surface area contributed by atoms with Crippen LogP contribution in [0.15, 0.2) is 18.6 Å². The summed E-state index contributed by atoms with van der Waals surface area (Å²) >= 11 is 0. The van der Waals surface area contributed by atoms with E-state index >= 15 is 0 Å². The first-order valence-electron chi connectivity index (χ1n) is 3.80. The monoisotopic (exact) mass is 151 g/mol. The zero-order valence-electron chi connectivity index (χ0n) is 6.70. The van der Waals surface area contributed by atoms with Gasteiger partial charge in [0.2, 0.25) is 0 Å². The van der Waals surface area contributed by atoms with Gasteiger partial charge in [0.15, 0.2) is 0 Å². The summed E-state index contributed by atoms with van der Waals surface area (Å²) in [6.45, 7) is 2.83. The molecule has 1 rings (SSSR count). The first-order chi connectivity index (χ1) is 5.34. The third kappa shape index (κ3) is 2.27. The van der Waals surface area contributed by atoms with Crippen LogP contribution in [0.4, 0.5) is 0 Å². The Balaban J connectivity index is 2.61. The van der Waals surface area contributed by atoms with Crippen molar-refractivity contribution in [2.45, 2.75) is 19.3 Å². The Hall–Kier alpha value is -0.960. The van der Waals surface area contributed by atoms with Crippen molar-refractivity contribution in [3.05, 3.63) is 24.3 Å². The molecule has 0 saturated carbocycles. The predicted molar refractivity (Wildman–Crippen MR) is 44.1 cm³/mol. The highest BCUT2D eigenvalue weighted by Crippen LogP contribution is 2.13. The lowest BCUT2D eigenvalue weighted by molar-refractivity contribution is 0.668. The molecule has 1 atom stereocenters. The molecule has 0 fully saturated rings. The zero-order chi connectivity index (χ0) is 8.10. The van der Waals surface area contributed by atoms with Gasteiger partial charge in [0, 0.05) is 11.9 Å². The zero-order valence-corrected chi connectivity index (χ0v) is 6.70. The maximum Gasteiger partial charge on any atom is 0.115 e. The number of hydrogen-bond acceptors (Lipinski definition) is 3. The summed E-state index contributed by atoms with van der Waals surface area (Å²) in [5.74, 6) is 0.447. The van der Waals surface area contributed by atoms with E-state index < -0.39 is 0 Å². The Bertz CT molecular complexity index is 198. The van der Waals surface area contributed by atoms with Crippen LogP contribution in [0.3, 0.4) is 0 Å². The highest BCUT2D eigenvalue weighted by Gasteiger charge is 2.03. The molecule has 0 aliphatic rings. The average molecular weight is 151 g/mol. The second-order valence-corrected chi connectivity index (χ2v) is 2.61. The van der Waals surface area contributed by atoms with Gasteiger partial charge < -0.3 is 5.73 Å². The summed E-state index contributed by atoms with van der Waals surface area (Å²) in [6, 6.07) is 1.93. The van der Waals surface area contributed by atoms with Crippen LogP contribution in [0.25, 0.3) is 0 Å². The van der Waals surface area contributed by atoms with Crippen LogP contribution < -0.4 is 5.73 Å². The number of aromatic nitrogens is 2. The third-order valence-corrected chi connectivity index (χ3v) is 1.71. The van der Waals surface area contributed by atoms with Gasteiger partial charge in [-0.05, 0) is 24.9 Å². The van der Waals surface area contributed by atoms with Crippen LogP contribution in [-0.2, 0) is 0 Å². The minimum absolute atomic E-state index is 0.447.